The molecule has 4 rings (SSSR count). The number of piperidine rings is 1. The monoisotopic (exact) mass is 386 g/mol. The van der Waals surface area contributed by atoms with E-state index in [1.165, 1.54) is 11.5 Å². The summed E-state index contributed by atoms with van der Waals surface area (Å²) in [6.07, 6.45) is 3.74. The first-order valence-electron chi connectivity index (χ1n) is 8.61. The Morgan fingerprint density at radius 3 is 2.58 bits per heavy atom. The van der Waals surface area contributed by atoms with E-state index in [1.54, 1.807) is 10.1 Å². The van der Waals surface area contributed by atoms with Crippen molar-refractivity contribution in [3.8, 4) is 10.4 Å². The van der Waals surface area contributed by atoms with Crippen molar-refractivity contribution in [2.45, 2.75) is 18.9 Å². The summed E-state index contributed by atoms with van der Waals surface area (Å²) in [4.78, 5) is 19.7. The van der Waals surface area contributed by atoms with Gasteiger partial charge in [-0.3, -0.25) is 4.79 Å². The largest absolute Gasteiger partial charge is 0.370 e. The summed E-state index contributed by atoms with van der Waals surface area (Å²) < 4.78 is 1.66. The van der Waals surface area contributed by atoms with Gasteiger partial charge in [-0.25, -0.2) is 4.98 Å². The van der Waals surface area contributed by atoms with Crippen molar-refractivity contribution in [2.24, 2.45) is 0 Å². The highest BCUT2D eigenvalue weighted by Gasteiger charge is 2.20. The molecule has 0 unspecified atom stereocenters. The molecular formula is C19H19ClN4OS. The van der Waals surface area contributed by atoms with Gasteiger partial charge in [-0.05, 0) is 42.1 Å². The highest BCUT2D eigenvalue weighted by molar-refractivity contribution is 7.10. The summed E-state index contributed by atoms with van der Waals surface area (Å²) in [5.74, 6) is 0. The van der Waals surface area contributed by atoms with E-state index in [9.17, 15) is 4.79 Å². The molecule has 2 aromatic heterocycles. The minimum absolute atomic E-state index is 0.00168. The summed E-state index contributed by atoms with van der Waals surface area (Å²) in [6, 6.07) is 15.8. The predicted molar refractivity (Wildman–Crippen MR) is 108 cm³/mol. The molecule has 5 nitrogen and oxygen atoms in total. The fourth-order valence-corrected chi connectivity index (χ4v) is 4.20. The summed E-state index contributed by atoms with van der Waals surface area (Å²) in [5, 5.41) is 0.511. The zero-order chi connectivity index (χ0) is 17.9. The number of nitrogens with zero attached hydrogens (tertiary/aromatic N) is 3. The zero-order valence-corrected chi connectivity index (χ0v) is 15.7. The molecule has 134 valence electrons. The van der Waals surface area contributed by atoms with Crippen molar-refractivity contribution in [2.75, 3.05) is 23.4 Å². The molecule has 0 amide bonds. The van der Waals surface area contributed by atoms with E-state index in [4.69, 9.17) is 11.6 Å². The summed E-state index contributed by atoms with van der Waals surface area (Å²) in [5.41, 5.74) is 5.54. The van der Waals surface area contributed by atoms with Crippen LogP contribution in [0, 0.1) is 0 Å². The molecule has 1 N–H and O–H groups in total. The van der Waals surface area contributed by atoms with Crippen molar-refractivity contribution < 1.29 is 0 Å². The van der Waals surface area contributed by atoms with Crippen LogP contribution >= 0.6 is 23.1 Å². The number of pyridine rings is 1. The normalized spacial score (nSPS) is 15.2. The topological polar surface area (TPSA) is 50.2 Å². The summed E-state index contributed by atoms with van der Waals surface area (Å²) in [6.45, 7) is 1.85. The Hall–Kier alpha value is -2.31. The zero-order valence-electron chi connectivity index (χ0n) is 14.1. The molecule has 1 fully saturated rings. The molecule has 0 saturated carbocycles. The number of rotatable bonds is 4. The van der Waals surface area contributed by atoms with Gasteiger partial charge in [0.1, 0.15) is 5.15 Å². The van der Waals surface area contributed by atoms with Crippen LogP contribution in [-0.4, -0.2) is 28.2 Å². The second-order valence-corrected chi connectivity index (χ2v) is 7.70. The molecule has 1 aliphatic heterocycles. The van der Waals surface area contributed by atoms with Crippen molar-refractivity contribution in [3.05, 3.63) is 70.2 Å². The van der Waals surface area contributed by atoms with E-state index >= 15 is 0 Å². The average molecular weight is 387 g/mol. The molecule has 3 heterocycles. The van der Waals surface area contributed by atoms with Crippen LogP contribution < -0.4 is 15.9 Å². The quantitative estimate of drug-likeness (QED) is 0.692. The Morgan fingerprint density at radius 1 is 1.12 bits per heavy atom. The van der Waals surface area contributed by atoms with Gasteiger partial charge < -0.3 is 10.3 Å². The fourth-order valence-electron chi connectivity index (χ4n) is 3.16. The van der Waals surface area contributed by atoms with Gasteiger partial charge in [0.25, 0.3) is 5.56 Å². The summed E-state index contributed by atoms with van der Waals surface area (Å²) >= 11 is 7.31. The number of aromatic nitrogens is 2. The van der Waals surface area contributed by atoms with Gasteiger partial charge in [-0.2, -0.15) is 4.07 Å². The van der Waals surface area contributed by atoms with Crippen LogP contribution in [0.3, 0.4) is 0 Å². The standard InChI is InChI=1S/C19H19ClN4OS/c20-18-7-6-16(13-21-18)23-10-8-15(9-11-23)22-24-19(25)12-17(26-24)14-4-2-1-3-5-14/h1-7,12-13,15,22H,8-11H2. The van der Waals surface area contributed by atoms with Gasteiger partial charge in [-0.1, -0.05) is 41.9 Å². The van der Waals surface area contributed by atoms with E-state index in [2.05, 4.69) is 15.3 Å². The average Bonchev–Trinajstić information content (AvgIpc) is 3.04. The maximum atomic E-state index is 12.3. The molecule has 1 saturated heterocycles. The van der Waals surface area contributed by atoms with Gasteiger partial charge >= 0.3 is 0 Å². The van der Waals surface area contributed by atoms with Crippen molar-refractivity contribution in [1.82, 2.24) is 9.05 Å². The van der Waals surface area contributed by atoms with E-state index < -0.39 is 0 Å². The molecule has 0 spiro atoms. The minimum Gasteiger partial charge on any atom is -0.370 e. The van der Waals surface area contributed by atoms with Crippen LogP contribution in [0.5, 0.6) is 0 Å². The van der Waals surface area contributed by atoms with E-state index in [0.717, 1.165) is 42.1 Å². The maximum absolute atomic E-state index is 12.3. The van der Waals surface area contributed by atoms with Gasteiger partial charge in [0.15, 0.2) is 0 Å². The van der Waals surface area contributed by atoms with Crippen molar-refractivity contribution in [1.29, 1.82) is 0 Å². The smallest absolute Gasteiger partial charge is 0.280 e. The molecule has 0 radical (unpaired) electrons. The third-order valence-corrected chi connectivity index (χ3v) is 5.82. The second-order valence-electron chi connectivity index (χ2n) is 6.33. The third kappa shape index (κ3) is 3.76. The maximum Gasteiger partial charge on any atom is 0.280 e. The molecule has 1 aromatic carbocycles. The minimum atomic E-state index is -0.00168. The molecule has 0 atom stereocenters. The lowest BCUT2D eigenvalue weighted by Gasteiger charge is -2.33. The number of nitrogens with one attached hydrogen (secondary N) is 1. The van der Waals surface area contributed by atoms with Crippen LogP contribution in [-0.2, 0) is 0 Å². The third-order valence-electron chi connectivity index (χ3n) is 4.57. The second kappa shape index (κ2) is 7.51. The Balaban J connectivity index is 1.40. The molecule has 26 heavy (non-hydrogen) atoms. The number of hydrogen-bond donors (Lipinski definition) is 1. The predicted octanol–water partition coefficient (Wildman–Crippen LogP) is 3.84. The van der Waals surface area contributed by atoms with E-state index in [1.807, 2.05) is 48.7 Å². The Morgan fingerprint density at radius 2 is 1.88 bits per heavy atom. The highest BCUT2D eigenvalue weighted by Crippen LogP contribution is 2.23. The lowest BCUT2D eigenvalue weighted by atomic mass is 10.1. The first-order valence-corrected chi connectivity index (χ1v) is 9.76. The SMILES string of the molecule is O=c1cc(-c2ccccc2)sn1NC1CCN(c2ccc(Cl)nc2)CC1. The Kier molecular flexibility index (Phi) is 4.95. The van der Waals surface area contributed by atoms with Gasteiger partial charge in [0, 0.05) is 25.2 Å². The number of hydrogen-bond acceptors (Lipinski definition) is 5. The first-order chi connectivity index (χ1) is 12.7. The summed E-state index contributed by atoms with van der Waals surface area (Å²) in [7, 11) is 0. The lowest BCUT2D eigenvalue weighted by Crippen LogP contribution is -2.42. The van der Waals surface area contributed by atoms with E-state index in [0.29, 0.717) is 5.15 Å². The molecule has 3 aromatic rings. The fraction of sp³-hybridized carbons (Fsp3) is 0.263. The first kappa shape index (κ1) is 17.1. The number of anilines is 1. The number of benzene rings is 1. The van der Waals surface area contributed by atoms with Crippen LogP contribution in [0.25, 0.3) is 10.4 Å². The Labute approximate surface area is 161 Å². The number of halogens is 1. The molecule has 1 aliphatic rings. The Bertz CT molecular complexity index is 915. The molecule has 0 aliphatic carbocycles. The molecule has 0 bridgehead atoms. The van der Waals surface area contributed by atoms with Crippen LogP contribution in [0.4, 0.5) is 5.69 Å². The lowest BCUT2D eigenvalue weighted by molar-refractivity contribution is 0.498. The van der Waals surface area contributed by atoms with Gasteiger partial charge in [0.2, 0.25) is 0 Å². The molecular weight excluding hydrogens is 368 g/mol. The van der Waals surface area contributed by atoms with Gasteiger partial charge in [0.05, 0.1) is 16.8 Å². The van der Waals surface area contributed by atoms with Crippen molar-refractivity contribution >= 4 is 28.8 Å². The van der Waals surface area contributed by atoms with Crippen molar-refractivity contribution in [3.63, 3.8) is 0 Å². The highest BCUT2D eigenvalue weighted by atomic mass is 35.5. The van der Waals surface area contributed by atoms with E-state index in [-0.39, 0.29) is 11.6 Å². The van der Waals surface area contributed by atoms with Crippen LogP contribution in [0.15, 0.2) is 59.5 Å². The van der Waals surface area contributed by atoms with Crippen LogP contribution in [0.1, 0.15) is 12.8 Å². The molecule has 7 heteroatoms. The van der Waals surface area contributed by atoms with Crippen LogP contribution in [0.2, 0.25) is 5.15 Å². The van der Waals surface area contributed by atoms with Gasteiger partial charge in [-0.15, -0.1) is 0 Å².